The maximum atomic E-state index is 4.90. The van der Waals surface area contributed by atoms with Crippen molar-refractivity contribution in [3.05, 3.63) is 18.0 Å². The second-order valence-corrected chi connectivity index (χ2v) is 8.21. The van der Waals surface area contributed by atoms with Crippen LogP contribution in [-0.4, -0.2) is 47.1 Å². The summed E-state index contributed by atoms with van der Waals surface area (Å²) in [5, 5.41) is 0. The van der Waals surface area contributed by atoms with E-state index in [0.717, 1.165) is 31.4 Å². The summed E-state index contributed by atoms with van der Waals surface area (Å²) in [6, 6.07) is 3.33. The van der Waals surface area contributed by atoms with Crippen LogP contribution in [0.2, 0.25) is 0 Å². The lowest BCUT2D eigenvalue weighted by Crippen LogP contribution is -2.53. The molecule has 0 N–H and O–H groups in total. The molecule has 3 heterocycles. The second kappa shape index (κ2) is 8.28. The van der Waals surface area contributed by atoms with Gasteiger partial charge in [-0.2, -0.15) is 0 Å². The number of rotatable bonds is 8. The van der Waals surface area contributed by atoms with E-state index in [1.54, 1.807) is 0 Å². The van der Waals surface area contributed by atoms with Crippen LogP contribution in [0.3, 0.4) is 0 Å². The molecular formula is C20H34N4. The van der Waals surface area contributed by atoms with Gasteiger partial charge < -0.3 is 9.80 Å². The molecule has 1 aromatic rings. The summed E-state index contributed by atoms with van der Waals surface area (Å²) < 4.78 is 0. The number of likely N-dealkylation sites (tertiary alicyclic amines) is 1. The third kappa shape index (κ3) is 4.47. The summed E-state index contributed by atoms with van der Waals surface area (Å²) in [4.78, 5) is 14.5. The van der Waals surface area contributed by atoms with Crippen molar-refractivity contribution in [3.63, 3.8) is 0 Å². The monoisotopic (exact) mass is 330 g/mol. The van der Waals surface area contributed by atoms with E-state index in [1.165, 1.54) is 50.6 Å². The van der Waals surface area contributed by atoms with Gasteiger partial charge in [0.1, 0.15) is 0 Å². The highest BCUT2D eigenvalue weighted by Crippen LogP contribution is 2.32. The van der Waals surface area contributed by atoms with E-state index < -0.39 is 0 Å². The first-order valence-corrected chi connectivity index (χ1v) is 9.92. The largest absolute Gasteiger partial charge is 0.332 e. The quantitative estimate of drug-likeness (QED) is 0.677. The zero-order valence-electron chi connectivity index (χ0n) is 15.7. The van der Waals surface area contributed by atoms with Crippen LogP contribution in [0.15, 0.2) is 12.3 Å². The van der Waals surface area contributed by atoms with E-state index in [0.29, 0.717) is 12.1 Å². The SMILES string of the molecule is CC(C)CCCCCCc1ccnc(N2C3CCC2CN(C)C3)n1. The minimum Gasteiger partial charge on any atom is -0.332 e. The van der Waals surface area contributed by atoms with Gasteiger partial charge in [-0.25, -0.2) is 9.97 Å². The number of unbranched alkanes of at least 4 members (excludes halogenated alkanes) is 3. The van der Waals surface area contributed by atoms with Gasteiger partial charge in [0.25, 0.3) is 0 Å². The molecule has 3 rings (SSSR count). The van der Waals surface area contributed by atoms with Crippen molar-refractivity contribution in [2.45, 2.75) is 77.3 Å². The number of hydrogen-bond donors (Lipinski definition) is 0. The molecule has 0 radical (unpaired) electrons. The van der Waals surface area contributed by atoms with Crippen LogP contribution in [0.25, 0.3) is 0 Å². The van der Waals surface area contributed by atoms with Crippen LogP contribution in [-0.2, 0) is 6.42 Å². The normalized spacial score (nSPS) is 24.1. The number of likely N-dealkylation sites (N-methyl/N-ethyl adjacent to an activating group) is 1. The number of fused-ring (bicyclic) bond motifs is 2. The highest BCUT2D eigenvalue weighted by Gasteiger charge is 2.40. The standard InChI is InChI=1S/C20H34N4/c1-16(2)8-6-4-5-7-9-17-12-13-21-20(22-17)24-18-10-11-19(24)15-23(3)14-18/h12-13,16,18-19H,4-11,14-15H2,1-3H3. The Morgan fingerprint density at radius 2 is 1.79 bits per heavy atom. The van der Waals surface area contributed by atoms with Crippen molar-refractivity contribution >= 4 is 5.95 Å². The molecule has 24 heavy (non-hydrogen) atoms. The summed E-state index contributed by atoms with van der Waals surface area (Å²) >= 11 is 0. The number of aryl methyl sites for hydroxylation is 1. The predicted octanol–water partition coefficient (Wildman–Crippen LogP) is 3.91. The minimum absolute atomic E-state index is 0.611. The van der Waals surface area contributed by atoms with Crippen molar-refractivity contribution in [2.24, 2.45) is 5.92 Å². The Kier molecular flexibility index (Phi) is 6.09. The third-order valence-corrected chi connectivity index (χ3v) is 5.56. The van der Waals surface area contributed by atoms with Gasteiger partial charge in [-0.3, -0.25) is 0 Å². The summed E-state index contributed by atoms with van der Waals surface area (Å²) in [6.07, 6.45) is 12.3. The van der Waals surface area contributed by atoms with E-state index in [1.807, 2.05) is 6.20 Å². The Balaban J connectivity index is 1.50. The Bertz CT molecular complexity index is 502. The fourth-order valence-corrected chi connectivity index (χ4v) is 4.30. The number of piperazine rings is 1. The van der Waals surface area contributed by atoms with Gasteiger partial charge in [0.2, 0.25) is 5.95 Å². The van der Waals surface area contributed by atoms with E-state index in [9.17, 15) is 0 Å². The first kappa shape index (κ1) is 17.7. The van der Waals surface area contributed by atoms with Gasteiger partial charge in [0.05, 0.1) is 0 Å². The summed E-state index contributed by atoms with van der Waals surface area (Å²) in [5.41, 5.74) is 1.22. The molecule has 2 aliphatic rings. The first-order valence-electron chi connectivity index (χ1n) is 9.92. The van der Waals surface area contributed by atoms with Crippen molar-refractivity contribution < 1.29 is 0 Å². The summed E-state index contributed by atoms with van der Waals surface area (Å²) in [7, 11) is 2.24. The van der Waals surface area contributed by atoms with Gasteiger partial charge >= 0.3 is 0 Å². The van der Waals surface area contributed by atoms with Crippen molar-refractivity contribution in [1.29, 1.82) is 0 Å². The van der Waals surface area contributed by atoms with Gasteiger partial charge in [-0.1, -0.05) is 39.5 Å². The van der Waals surface area contributed by atoms with Gasteiger partial charge in [0, 0.05) is 37.1 Å². The lowest BCUT2D eigenvalue weighted by Gasteiger charge is -2.39. The van der Waals surface area contributed by atoms with Crippen LogP contribution < -0.4 is 4.90 Å². The molecule has 2 unspecified atom stereocenters. The zero-order chi connectivity index (χ0) is 16.9. The first-order chi connectivity index (χ1) is 11.6. The molecule has 2 aliphatic heterocycles. The molecule has 2 fully saturated rings. The Hall–Kier alpha value is -1.16. The van der Waals surface area contributed by atoms with Gasteiger partial charge in [-0.05, 0) is 44.7 Å². The average molecular weight is 331 g/mol. The fourth-order valence-electron chi connectivity index (χ4n) is 4.30. The molecule has 2 saturated heterocycles. The van der Waals surface area contributed by atoms with Crippen molar-refractivity contribution in [3.8, 4) is 0 Å². The summed E-state index contributed by atoms with van der Waals surface area (Å²) in [6.45, 7) is 6.93. The number of anilines is 1. The Morgan fingerprint density at radius 3 is 2.50 bits per heavy atom. The van der Waals surface area contributed by atoms with E-state index in [-0.39, 0.29) is 0 Å². The molecular weight excluding hydrogens is 296 g/mol. The molecule has 0 spiro atoms. The number of nitrogens with zero attached hydrogens (tertiary/aromatic N) is 4. The lowest BCUT2D eigenvalue weighted by molar-refractivity contribution is 0.262. The van der Waals surface area contributed by atoms with Crippen LogP contribution >= 0.6 is 0 Å². The second-order valence-electron chi connectivity index (χ2n) is 8.21. The molecule has 0 amide bonds. The maximum absolute atomic E-state index is 4.90. The fraction of sp³-hybridized carbons (Fsp3) is 0.800. The van der Waals surface area contributed by atoms with E-state index >= 15 is 0 Å². The van der Waals surface area contributed by atoms with Crippen molar-refractivity contribution in [1.82, 2.24) is 14.9 Å². The predicted molar refractivity (Wildman–Crippen MR) is 100 cm³/mol. The van der Waals surface area contributed by atoms with E-state index in [2.05, 4.69) is 41.7 Å². The van der Waals surface area contributed by atoms with Crippen LogP contribution in [0.1, 0.15) is 64.5 Å². The lowest BCUT2D eigenvalue weighted by atomic mass is 10.0. The van der Waals surface area contributed by atoms with Gasteiger partial charge in [-0.15, -0.1) is 0 Å². The molecule has 2 bridgehead atoms. The molecule has 0 saturated carbocycles. The average Bonchev–Trinajstić information content (AvgIpc) is 2.82. The third-order valence-electron chi connectivity index (χ3n) is 5.56. The molecule has 0 aliphatic carbocycles. The smallest absolute Gasteiger partial charge is 0.226 e. The molecule has 4 heteroatoms. The highest BCUT2D eigenvalue weighted by molar-refractivity contribution is 5.38. The topological polar surface area (TPSA) is 32.3 Å². The molecule has 1 aromatic heterocycles. The number of hydrogen-bond acceptors (Lipinski definition) is 4. The molecule has 2 atom stereocenters. The maximum Gasteiger partial charge on any atom is 0.226 e. The molecule has 4 nitrogen and oxygen atoms in total. The Labute approximate surface area is 147 Å². The minimum atomic E-state index is 0.611. The highest BCUT2D eigenvalue weighted by atomic mass is 15.4. The zero-order valence-corrected chi connectivity index (χ0v) is 15.7. The summed E-state index contributed by atoms with van der Waals surface area (Å²) in [5.74, 6) is 1.82. The molecule has 0 aromatic carbocycles. The number of aromatic nitrogens is 2. The van der Waals surface area contributed by atoms with Gasteiger partial charge in [0.15, 0.2) is 0 Å². The van der Waals surface area contributed by atoms with Crippen LogP contribution in [0, 0.1) is 5.92 Å². The van der Waals surface area contributed by atoms with Crippen LogP contribution in [0.4, 0.5) is 5.95 Å². The molecule has 134 valence electrons. The van der Waals surface area contributed by atoms with E-state index in [4.69, 9.17) is 4.98 Å². The van der Waals surface area contributed by atoms with Crippen molar-refractivity contribution in [2.75, 3.05) is 25.0 Å². The Morgan fingerprint density at radius 1 is 1.08 bits per heavy atom. The van der Waals surface area contributed by atoms with Crippen LogP contribution in [0.5, 0.6) is 0 Å².